The van der Waals surface area contributed by atoms with Crippen LogP contribution in [-0.4, -0.2) is 31.0 Å². The van der Waals surface area contributed by atoms with E-state index in [1.807, 2.05) is 19.1 Å². The lowest BCUT2D eigenvalue weighted by Gasteiger charge is -2.19. The number of nitrogens with two attached hydrogens (primary N) is 1. The van der Waals surface area contributed by atoms with Gasteiger partial charge in [0.05, 0.1) is 11.3 Å². The molecule has 7 heteroatoms. The van der Waals surface area contributed by atoms with Crippen LogP contribution in [0.1, 0.15) is 48.2 Å². The van der Waals surface area contributed by atoms with Gasteiger partial charge < -0.3 is 21.1 Å². The third-order valence-corrected chi connectivity index (χ3v) is 4.41. The molecule has 2 rings (SSSR count). The maximum absolute atomic E-state index is 12.6. The highest BCUT2D eigenvalue weighted by atomic mass is 35.5. The molecule has 2 aromatic rings. The van der Waals surface area contributed by atoms with Crippen LogP contribution in [0.15, 0.2) is 42.5 Å². The zero-order chi connectivity index (χ0) is 20.7. The Labute approximate surface area is 178 Å². The molecule has 0 saturated carbocycles. The van der Waals surface area contributed by atoms with Crippen molar-refractivity contribution >= 4 is 29.9 Å². The second-order valence-corrected chi connectivity index (χ2v) is 7.02. The molecule has 0 fully saturated rings. The Morgan fingerprint density at radius 2 is 1.79 bits per heavy atom. The van der Waals surface area contributed by atoms with Gasteiger partial charge in [-0.25, -0.2) is 0 Å². The molecule has 0 aromatic heterocycles. The molecule has 2 aromatic carbocycles. The van der Waals surface area contributed by atoms with Crippen molar-refractivity contribution in [1.29, 1.82) is 0 Å². The van der Waals surface area contributed by atoms with Crippen LogP contribution in [0.5, 0.6) is 5.75 Å². The Bertz CT molecular complexity index is 840. The van der Waals surface area contributed by atoms with Gasteiger partial charge in [0.1, 0.15) is 5.75 Å². The van der Waals surface area contributed by atoms with Gasteiger partial charge in [-0.3, -0.25) is 9.59 Å². The van der Waals surface area contributed by atoms with Crippen molar-refractivity contribution in [2.45, 2.75) is 39.7 Å². The van der Waals surface area contributed by atoms with Crippen LogP contribution >= 0.6 is 12.4 Å². The van der Waals surface area contributed by atoms with Gasteiger partial charge >= 0.3 is 0 Å². The number of hydrogen-bond acceptors (Lipinski definition) is 4. The highest BCUT2D eigenvalue weighted by Crippen LogP contribution is 2.25. The minimum Gasteiger partial charge on any atom is -0.481 e. The Morgan fingerprint density at radius 3 is 2.45 bits per heavy atom. The van der Waals surface area contributed by atoms with E-state index in [0.717, 1.165) is 11.1 Å². The summed E-state index contributed by atoms with van der Waals surface area (Å²) >= 11 is 0. The third kappa shape index (κ3) is 6.76. The minimum absolute atomic E-state index is 0. The number of amides is 2. The number of carbonyl (C=O) groups excluding carboxylic acids is 2. The molecule has 0 aliphatic heterocycles. The molecule has 1 atom stereocenters. The fraction of sp³-hybridized carbons (Fsp3) is 0.364. The second kappa shape index (κ2) is 11.4. The molecule has 0 saturated heterocycles. The van der Waals surface area contributed by atoms with E-state index in [1.165, 1.54) is 0 Å². The van der Waals surface area contributed by atoms with Crippen molar-refractivity contribution in [2.75, 3.05) is 18.4 Å². The summed E-state index contributed by atoms with van der Waals surface area (Å²) < 4.78 is 5.91. The fourth-order valence-corrected chi connectivity index (χ4v) is 2.65. The SMILES string of the molecule is Cc1ccc(C(C)C)cc1OC(C)C(=O)Nc1ccccc1C(=O)NCCN.Cl. The summed E-state index contributed by atoms with van der Waals surface area (Å²) in [6, 6.07) is 12.9. The molecule has 0 aliphatic carbocycles. The first-order valence-corrected chi connectivity index (χ1v) is 9.48. The van der Waals surface area contributed by atoms with E-state index in [2.05, 4.69) is 30.5 Å². The van der Waals surface area contributed by atoms with Crippen LogP contribution in [0.4, 0.5) is 5.69 Å². The topological polar surface area (TPSA) is 93.4 Å². The second-order valence-electron chi connectivity index (χ2n) is 7.02. The summed E-state index contributed by atoms with van der Waals surface area (Å²) in [4.78, 5) is 24.9. The Morgan fingerprint density at radius 1 is 1.10 bits per heavy atom. The van der Waals surface area contributed by atoms with Gasteiger partial charge in [-0.2, -0.15) is 0 Å². The van der Waals surface area contributed by atoms with Crippen LogP contribution in [0.2, 0.25) is 0 Å². The van der Waals surface area contributed by atoms with E-state index < -0.39 is 6.10 Å². The van der Waals surface area contributed by atoms with E-state index in [0.29, 0.717) is 36.0 Å². The average molecular weight is 420 g/mol. The first kappa shape index (κ1) is 24.5. The smallest absolute Gasteiger partial charge is 0.265 e. The zero-order valence-corrected chi connectivity index (χ0v) is 18.1. The zero-order valence-electron chi connectivity index (χ0n) is 17.3. The molecule has 2 amide bonds. The molecule has 4 N–H and O–H groups in total. The Kier molecular flexibility index (Phi) is 9.65. The number of ether oxygens (including phenoxy) is 1. The van der Waals surface area contributed by atoms with Gasteiger partial charge in [0.2, 0.25) is 0 Å². The van der Waals surface area contributed by atoms with E-state index in [-0.39, 0.29) is 24.2 Å². The maximum Gasteiger partial charge on any atom is 0.265 e. The lowest BCUT2D eigenvalue weighted by atomic mass is 10.0. The average Bonchev–Trinajstić information content (AvgIpc) is 2.67. The van der Waals surface area contributed by atoms with Crippen LogP contribution in [-0.2, 0) is 4.79 Å². The Balaban J connectivity index is 0.00000420. The number of aryl methyl sites for hydroxylation is 1. The van der Waals surface area contributed by atoms with E-state index in [1.54, 1.807) is 31.2 Å². The summed E-state index contributed by atoms with van der Waals surface area (Å²) in [7, 11) is 0. The van der Waals surface area contributed by atoms with Crippen LogP contribution in [0.3, 0.4) is 0 Å². The van der Waals surface area contributed by atoms with Gasteiger partial charge in [0.25, 0.3) is 11.8 Å². The number of rotatable bonds is 8. The standard InChI is InChI=1S/C22H29N3O3.ClH/c1-14(2)17-10-9-15(3)20(13-17)28-16(4)21(26)25-19-8-6-5-7-18(19)22(27)24-12-11-23;/h5-10,13-14,16H,11-12,23H2,1-4H3,(H,24,27)(H,25,26);1H. The molecule has 0 bridgehead atoms. The lowest BCUT2D eigenvalue weighted by molar-refractivity contribution is -0.122. The summed E-state index contributed by atoms with van der Waals surface area (Å²) in [6.07, 6.45) is -0.721. The largest absolute Gasteiger partial charge is 0.481 e. The Hall–Kier alpha value is -2.57. The highest BCUT2D eigenvalue weighted by molar-refractivity contribution is 6.04. The van der Waals surface area contributed by atoms with Gasteiger partial charge in [-0.15, -0.1) is 12.4 Å². The number of anilines is 1. The molecule has 0 heterocycles. The number of benzene rings is 2. The molecule has 6 nitrogen and oxygen atoms in total. The third-order valence-electron chi connectivity index (χ3n) is 4.41. The highest BCUT2D eigenvalue weighted by Gasteiger charge is 2.19. The first-order chi connectivity index (χ1) is 13.3. The normalized spacial score (nSPS) is 11.4. The van der Waals surface area contributed by atoms with Crippen LogP contribution < -0.4 is 21.1 Å². The predicted octanol–water partition coefficient (Wildman–Crippen LogP) is 3.63. The predicted molar refractivity (Wildman–Crippen MR) is 119 cm³/mol. The molecule has 1 unspecified atom stereocenters. The number of carbonyl (C=O) groups is 2. The molecular formula is C22H30ClN3O3. The molecule has 29 heavy (non-hydrogen) atoms. The van der Waals surface area contributed by atoms with Crippen molar-refractivity contribution in [3.05, 3.63) is 59.2 Å². The molecule has 0 radical (unpaired) electrons. The summed E-state index contributed by atoms with van der Waals surface area (Å²) in [6.45, 7) is 8.57. The van der Waals surface area contributed by atoms with Crippen molar-refractivity contribution in [3.63, 3.8) is 0 Å². The van der Waals surface area contributed by atoms with Crippen molar-refractivity contribution < 1.29 is 14.3 Å². The lowest BCUT2D eigenvalue weighted by Crippen LogP contribution is -2.33. The summed E-state index contributed by atoms with van der Waals surface area (Å²) in [5.74, 6) is 0.442. The van der Waals surface area contributed by atoms with E-state index in [4.69, 9.17) is 10.5 Å². The van der Waals surface area contributed by atoms with Gasteiger partial charge in [-0.1, -0.05) is 38.1 Å². The van der Waals surface area contributed by atoms with Crippen molar-refractivity contribution in [2.24, 2.45) is 5.73 Å². The molecule has 0 aliphatic rings. The van der Waals surface area contributed by atoms with Crippen molar-refractivity contribution in [3.8, 4) is 5.75 Å². The molecule has 0 spiro atoms. The monoisotopic (exact) mass is 419 g/mol. The first-order valence-electron chi connectivity index (χ1n) is 9.48. The van der Waals surface area contributed by atoms with E-state index in [9.17, 15) is 9.59 Å². The number of para-hydroxylation sites is 1. The summed E-state index contributed by atoms with van der Waals surface area (Å²) in [5, 5.41) is 5.50. The summed E-state index contributed by atoms with van der Waals surface area (Å²) in [5.41, 5.74) is 8.36. The maximum atomic E-state index is 12.6. The number of halogens is 1. The van der Waals surface area contributed by atoms with Crippen molar-refractivity contribution in [1.82, 2.24) is 5.32 Å². The quantitative estimate of drug-likeness (QED) is 0.609. The van der Waals surface area contributed by atoms with Gasteiger partial charge in [0.15, 0.2) is 6.10 Å². The van der Waals surface area contributed by atoms with E-state index >= 15 is 0 Å². The fourth-order valence-electron chi connectivity index (χ4n) is 2.65. The molecular weight excluding hydrogens is 390 g/mol. The van der Waals surface area contributed by atoms with Crippen LogP contribution in [0, 0.1) is 6.92 Å². The van der Waals surface area contributed by atoms with Crippen LogP contribution in [0.25, 0.3) is 0 Å². The minimum atomic E-state index is -0.721. The number of hydrogen-bond donors (Lipinski definition) is 3. The van der Waals surface area contributed by atoms with Gasteiger partial charge in [-0.05, 0) is 49.1 Å². The molecule has 158 valence electrons. The van der Waals surface area contributed by atoms with Gasteiger partial charge in [0, 0.05) is 13.1 Å². The number of nitrogens with one attached hydrogen (secondary N) is 2.